The Kier molecular flexibility index (Phi) is 3.34. The molecule has 0 saturated heterocycles. The molecule has 1 aromatic carbocycles. The molecule has 76 valence electrons. The molecular weight excluding hydrogens is 170 g/mol. The van der Waals surface area contributed by atoms with Gasteiger partial charge in [0.25, 0.3) is 0 Å². The summed E-state index contributed by atoms with van der Waals surface area (Å²) < 4.78 is 0. The second-order valence-electron chi connectivity index (χ2n) is 4.50. The lowest BCUT2D eigenvalue weighted by atomic mass is 9.87. The van der Waals surface area contributed by atoms with E-state index in [1.807, 2.05) is 6.08 Å². The fraction of sp³-hybridized carbons (Fsp3) is 0.385. The molecule has 1 nitrogen and oxygen atoms in total. The van der Waals surface area contributed by atoms with Crippen LogP contribution in [0.4, 0.5) is 5.69 Å². The highest BCUT2D eigenvalue weighted by Gasteiger charge is 2.12. The molecule has 1 heteroatoms. The molecule has 0 bridgehead atoms. The molecule has 0 unspecified atom stereocenters. The number of nitrogens with one attached hydrogen (secondary N) is 1. The van der Waals surface area contributed by atoms with Crippen molar-refractivity contribution in [2.75, 3.05) is 11.9 Å². The highest BCUT2D eigenvalue weighted by Crippen LogP contribution is 2.23. The van der Waals surface area contributed by atoms with Crippen LogP contribution in [-0.2, 0) is 5.41 Å². The Hall–Kier alpha value is -1.24. The third-order valence-electron chi connectivity index (χ3n) is 2.20. The van der Waals surface area contributed by atoms with Crippen LogP contribution in [-0.4, -0.2) is 6.54 Å². The van der Waals surface area contributed by atoms with Crippen LogP contribution >= 0.6 is 0 Å². The lowest BCUT2D eigenvalue weighted by Gasteiger charge is -2.19. The maximum atomic E-state index is 3.67. The quantitative estimate of drug-likeness (QED) is 0.717. The van der Waals surface area contributed by atoms with Crippen LogP contribution in [0.25, 0.3) is 0 Å². The van der Waals surface area contributed by atoms with Gasteiger partial charge in [-0.2, -0.15) is 0 Å². The van der Waals surface area contributed by atoms with E-state index in [2.05, 4.69) is 56.9 Å². The third-order valence-corrected chi connectivity index (χ3v) is 2.20. The van der Waals surface area contributed by atoms with Crippen LogP contribution in [0.15, 0.2) is 36.9 Å². The molecule has 0 fully saturated rings. The first-order chi connectivity index (χ1) is 6.54. The molecule has 0 heterocycles. The van der Waals surface area contributed by atoms with E-state index < -0.39 is 0 Å². The molecule has 0 aliphatic rings. The van der Waals surface area contributed by atoms with Crippen LogP contribution in [0.5, 0.6) is 0 Å². The minimum atomic E-state index is 0.233. The molecule has 0 atom stereocenters. The van der Waals surface area contributed by atoms with Crippen LogP contribution in [0.1, 0.15) is 26.3 Å². The first-order valence-electron chi connectivity index (χ1n) is 4.99. The van der Waals surface area contributed by atoms with Gasteiger partial charge in [-0.15, -0.1) is 6.58 Å². The zero-order valence-electron chi connectivity index (χ0n) is 9.30. The fourth-order valence-corrected chi connectivity index (χ4v) is 1.28. The third kappa shape index (κ3) is 2.91. The number of benzene rings is 1. The fourth-order valence-electron chi connectivity index (χ4n) is 1.28. The molecule has 0 spiro atoms. The largest absolute Gasteiger partial charge is 0.382 e. The van der Waals surface area contributed by atoms with E-state index in [0.29, 0.717) is 0 Å². The normalized spacial score (nSPS) is 11.1. The van der Waals surface area contributed by atoms with Gasteiger partial charge in [0.05, 0.1) is 0 Å². The summed E-state index contributed by atoms with van der Waals surface area (Å²) in [5.41, 5.74) is 2.75. The van der Waals surface area contributed by atoms with E-state index in [1.54, 1.807) is 0 Å². The molecule has 1 rings (SSSR count). The van der Waals surface area contributed by atoms with E-state index >= 15 is 0 Å². The summed E-state index contributed by atoms with van der Waals surface area (Å²) in [4.78, 5) is 0. The monoisotopic (exact) mass is 189 g/mol. The van der Waals surface area contributed by atoms with Gasteiger partial charge in [-0.05, 0) is 23.1 Å². The van der Waals surface area contributed by atoms with Crippen molar-refractivity contribution in [1.82, 2.24) is 0 Å². The van der Waals surface area contributed by atoms with Crippen molar-refractivity contribution in [2.45, 2.75) is 26.2 Å². The van der Waals surface area contributed by atoms with E-state index in [0.717, 1.165) is 12.2 Å². The average Bonchev–Trinajstić information content (AvgIpc) is 2.14. The second kappa shape index (κ2) is 4.32. The predicted octanol–water partition coefficient (Wildman–Crippen LogP) is 3.58. The summed E-state index contributed by atoms with van der Waals surface area (Å²) in [5, 5.41) is 3.25. The van der Waals surface area contributed by atoms with Crippen molar-refractivity contribution in [1.29, 1.82) is 0 Å². The van der Waals surface area contributed by atoms with Gasteiger partial charge in [-0.1, -0.05) is 39.0 Å². The van der Waals surface area contributed by atoms with Gasteiger partial charge >= 0.3 is 0 Å². The van der Waals surface area contributed by atoms with Gasteiger partial charge in [-0.3, -0.25) is 0 Å². The highest BCUT2D eigenvalue weighted by molar-refractivity contribution is 5.46. The van der Waals surface area contributed by atoms with Crippen molar-refractivity contribution in [3.63, 3.8) is 0 Å². The standard InChI is InChI=1S/C13H19N/c1-5-10-14-12-8-6-11(7-9-12)13(2,3)4/h5-9,14H,1,10H2,2-4H3. The summed E-state index contributed by atoms with van der Waals surface area (Å²) in [6.45, 7) is 11.1. The Balaban J connectivity index is 2.73. The topological polar surface area (TPSA) is 12.0 Å². The minimum Gasteiger partial charge on any atom is -0.382 e. The van der Waals surface area contributed by atoms with E-state index in [1.165, 1.54) is 5.56 Å². The van der Waals surface area contributed by atoms with Gasteiger partial charge in [0, 0.05) is 12.2 Å². The molecule has 0 saturated carbocycles. The molecule has 0 amide bonds. The van der Waals surface area contributed by atoms with Crippen molar-refractivity contribution >= 4 is 5.69 Å². The number of hydrogen-bond donors (Lipinski definition) is 1. The van der Waals surface area contributed by atoms with Crippen LogP contribution in [0.3, 0.4) is 0 Å². The maximum Gasteiger partial charge on any atom is 0.0342 e. The van der Waals surface area contributed by atoms with Gasteiger partial charge < -0.3 is 5.32 Å². The second-order valence-corrected chi connectivity index (χ2v) is 4.50. The summed E-state index contributed by atoms with van der Waals surface area (Å²) in [6.07, 6.45) is 1.86. The highest BCUT2D eigenvalue weighted by atomic mass is 14.8. The summed E-state index contributed by atoms with van der Waals surface area (Å²) >= 11 is 0. The van der Waals surface area contributed by atoms with E-state index in [9.17, 15) is 0 Å². The Morgan fingerprint density at radius 3 is 2.21 bits per heavy atom. The van der Waals surface area contributed by atoms with Crippen molar-refractivity contribution in [2.24, 2.45) is 0 Å². The van der Waals surface area contributed by atoms with Gasteiger partial charge in [0.15, 0.2) is 0 Å². The SMILES string of the molecule is C=CCNc1ccc(C(C)(C)C)cc1. The van der Waals surface area contributed by atoms with Gasteiger partial charge in [-0.25, -0.2) is 0 Å². The Morgan fingerprint density at radius 2 is 1.79 bits per heavy atom. The van der Waals surface area contributed by atoms with E-state index in [4.69, 9.17) is 0 Å². The van der Waals surface area contributed by atoms with Gasteiger partial charge in [0.2, 0.25) is 0 Å². The van der Waals surface area contributed by atoms with Crippen LogP contribution in [0.2, 0.25) is 0 Å². The Bertz CT molecular complexity index is 290. The molecular formula is C13H19N. The molecule has 0 radical (unpaired) electrons. The molecule has 1 N–H and O–H groups in total. The summed E-state index contributed by atoms with van der Waals surface area (Å²) in [7, 11) is 0. The Morgan fingerprint density at radius 1 is 1.21 bits per heavy atom. The molecule has 14 heavy (non-hydrogen) atoms. The van der Waals surface area contributed by atoms with Crippen molar-refractivity contribution in [3.05, 3.63) is 42.5 Å². The predicted molar refractivity (Wildman–Crippen MR) is 63.8 cm³/mol. The van der Waals surface area contributed by atoms with Crippen molar-refractivity contribution < 1.29 is 0 Å². The zero-order chi connectivity index (χ0) is 10.6. The summed E-state index contributed by atoms with van der Waals surface area (Å²) in [6, 6.07) is 8.57. The van der Waals surface area contributed by atoms with Crippen molar-refractivity contribution in [3.8, 4) is 0 Å². The molecule has 0 aromatic heterocycles. The summed E-state index contributed by atoms with van der Waals surface area (Å²) in [5.74, 6) is 0. The number of rotatable bonds is 3. The maximum absolute atomic E-state index is 3.67. The molecule has 1 aromatic rings. The zero-order valence-corrected chi connectivity index (χ0v) is 9.30. The molecule has 0 aliphatic heterocycles. The number of anilines is 1. The number of hydrogen-bond acceptors (Lipinski definition) is 1. The molecule has 0 aliphatic carbocycles. The minimum absolute atomic E-state index is 0.233. The lowest BCUT2D eigenvalue weighted by Crippen LogP contribution is -2.10. The van der Waals surface area contributed by atoms with Crippen LogP contribution in [0, 0.1) is 0 Å². The first-order valence-corrected chi connectivity index (χ1v) is 4.99. The first kappa shape index (κ1) is 10.8. The Labute approximate surface area is 86.8 Å². The average molecular weight is 189 g/mol. The smallest absolute Gasteiger partial charge is 0.0342 e. The lowest BCUT2D eigenvalue weighted by molar-refractivity contribution is 0.590. The van der Waals surface area contributed by atoms with Gasteiger partial charge in [0.1, 0.15) is 0 Å². The van der Waals surface area contributed by atoms with Crippen LogP contribution < -0.4 is 5.32 Å². The van der Waals surface area contributed by atoms with E-state index in [-0.39, 0.29) is 5.41 Å².